The van der Waals surface area contributed by atoms with E-state index < -0.39 is 0 Å². The normalized spacial score (nSPS) is 14.6. The minimum atomic E-state index is 0.519. The quantitative estimate of drug-likeness (QED) is 0.459. The molecule has 4 nitrogen and oxygen atoms in total. The molecule has 0 atom stereocenters. The molecule has 0 saturated carbocycles. The molecule has 2 heterocycles. The van der Waals surface area contributed by atoms with Crippen LogP contribution in [0.25, 0.3) is 10.2 Å². The molecule has 7 heteroatoms. The second kappa shape index (κ2) is 6.90. The van der Waals surface area contributed by atoms with Crippen molar-refractivity contribution in [1.82, 2.24) is 9.97 Å². The molecule has 1 N–H and O–H groups in total. The third kappa shape index (κ3) is 3.24. The maximum absolute atomic E-state index is 6.09. The van der Waals surface area contributed by atoms with Crippen molar-refractivity contribution in [1.29, 1.82) is 0 Å². The minimum absolute atomic E-state index is 0.519. The SMILES string of the molecule is C/C(=N/Nc1ncnc2sc3c(c12)CCCC3)c1ccc(Cl)c(Cl)c1. The van der Waals surface area contributed by atoms with Crippen LogP contribution in [0.4, 0.5) is 5.82 Å². The van der Waals surface area contributed by atoms with Crippen LogP contribution in [-0.4, -0.2) is 15.7 Å². The number of nitrogens with zero attached hydrogens (tertiary/aromatic N) is 3. The van der Waals surface area contributed by atoms with Gasteiger partial charge < -0.3 is 0 Å². The Morgan fingerprint density at radius 3 is 2.84 bits per heavy atom. The van der Waals surface area contributed by atoms with Crippen LogP contribution < -0.4 is 5.43 Å². The van der Waals surface area contributed by atoms with Crippen molar-refractivity contribution >= 4 is 56.3 Å². The van der Waals surface area contributed by atoms with Crippen LogP contribution in [0.2, 0.25) is 10.0 Å². The molecule has 3 aromatic rings. The number of benzene rings is 1. The van der Waals surface area contributed by atoms with E-state index in [1.807, 2.05) is 19.1 Å². The summed E-state index contributed by atoms with van der Waals surface area (Å²) in [6.45, 7) is 1.92. The van der Waals surface area contributed by atoms with Gasteiger partial charge in [-0.25, -0.2) is 9.97 Å². The molecule has 1 aromatic carbocycles. The lowest BCUT2D eigenvalue weighted by Gasteiger charge is -2.11. The Hall–Kier alpha value is -1.69. The van der Waals surface area contributed by atoms with Gasteiger partial charge in [0.05, 0.1) is 21.1 Å². The van der Waals surface area contributed by atoms with Crippen LogP contribution in [0.15, 0.2) is 29.6 Å². The van der Waals surface area contributed by atoms with E-state index in [0.29, 0.717) is 10.0 Å². The fourth-order valence-corrected chi connectivity index (χ4v) is 4.62. The van der Waals surface area contributed by atoms with Crippen LogP contribution in [-0.2, 0) is 12.8 Å². The summed E-state index contributed by atoms with van der Waals surface area (Å²) in [5, 5.41) is 6.67. The van der Waals surface area contributed by atoms with Gasteiger partial charge in [-0.3, -0.25) is 5.43 Å². The van der Waals surface area contributed by atoms with E-state index in [1.165, 1.54) is 23.3 Å². The molecule has 128 valence electrons. The van der Waals surface area contributed by atoms with Crippen LogP contribution in [0.3, 0.4) is 0 Å². The largest absolute Gasteiger partial charge is 0.260 e. The summed E-state index contributed by atoms with van der Waals surface area (Å²) in [5.74, 6) is 0.767. The van der Waals surface area contributed by atoms with Crippen molar-refractivity contribution in [2.24, 2.45) is 5.10 Å². The van der Waals surface area contributed by atoms with E-state index in [4.69, 9.17) is 23.2 Å². The molecular weight excluding hydrogens is 375 g/mol. The molecule has 1 aliphatic carbocycles. The Kier molecular flexibility index (Phi) is 4.63. The Bertz CT molecular complexity index is 981. The third-order valence-corrected chi connectivity index (χ3v) is 6.36. The molecular formula is C18H16Cl2N4S. The molecule has 0 spiro atoms. The summed E-state index contributed by atoms with van der Waals surface area (Å²) < 4.78 is 0. The Morgan fingerprint density at radius 2 is 2.00 bits per heavy atom. The van der Waals surface area contributed by atoms with Crippen molar-refractivity contribution in [2.45, 2.75) is 32.6 Å². The van der Waals surface area contributed by atoms with Gasteiger partial charge in [0.25, 0.3) is 0 Å². The summed E-state index contributed by atoms with van der Waals surface area (Å²) in [7, 11) is 0. The Balaban J connectivity index is 1.68. The fraction of sp³-hybridized carbons (Fsp3) is 0.278. The zero-order valence-corrected chi connectivity index (χ0v) is 16.0. The van der Waals surface area contributed by atoms with Gasteiger partial charge in [-0.15, -0.1) is 11.3 Å². The first-order valence-corrected chi connectivity index (χ1v) is 9.71. The van der Waals surface area contributed by atoms with Crippen molar-refractivity contribution in [3.05, 3.63) is 50.6 Å². The smallest absolute Gasteiger partial charge is 0.158 e. The number of thiophene rings is 1. The summed E-state index contributed by atoms with van der Waals surface area (Å²) >= 11 is 13.8. The molecule has 0 unspecified atom stereocenters. The average Bonchev–Trinajstić information content (AvgIpc) is 3.01. The van der Waals surface area contributed by atoms with Gasteiger partial charge in [0.2, 0.25) is 0 Å². The van der Waals surface area contributed by atoms with Gasteiger partial charge in [0.1, 0.15) is 11.2 Å². The molecule has 0 radical (unpaired) electrons. The first kappa shape index (κ1) is 16.8. The zero-order chi connectivity index (χ0) is 17.4. The van der Waals surface area contributed by atoms with Gasteiger partial charge >= 0.3 is 0 Å². The Labute approximate surface area is 159 Å². The van der Waals surface area contributed by atoms with Gasteiger partial charge in [0.15, 0.2) is 5.82 Å². The summed E-state index contributed by atoms with van der Waals surface area (Å²) in [4.78, 5) is 11.3. The number of hydrogen-bond acceptors (Lipinski definition) is 5. The maximum atomic E-state index is 6.09. The number of nitrogens with one attached hydrogen (secondary N) is 1. The van der Waals surface area contributed by atoms with E-state index in [0.717, 1.165) is 40.2 Å². The summed E-state index contributed by atoms with van der Waals surface area (Å²) in [6, 6.07) is 5.49. The van der Waals surface area contributed by atoms with Gasteiger partial charge in [-0.05, 0) is 55.9 Å². The van der Waals surface area contributed by atoms with Crippen molar-refractivity contribution in [2.75, 3.05) is 5.43 Å². The molecule has 4 rings (SSSR count). The van der Waals surface area contributed by atoms with Gasteiger partial charge in [-0.2, -0.15) is 5.10 Å². The molecule has 0 fully saturated rings. The van der Waals surface area contributed by atoms with Crippen LogP contribution in [0.1, 0.15) is 35.8 Å². The molecule has 0 saturated heterocycles. The second-order valence-electron chi connectivity index (χ2n) is 6.05. The minimum Gasteiger partial charge on any atom is -0.260 e. The van der Waals surface area contributed by atoms with Gasteiger partial charge in [-0.1, -0.05) is 29.3 Å². The fourth-order valence-electron chi connectivity index (χ4n) is 3.10. The number of aromatic nitrogens is 2. The van der Waals surface area contributed by atoms with E-state index in [1.54, 1.807) is 23.7 Å². The number of fused-ring (bicyclic) bond motifs is 3. The lowest BCUT2D eigenvalue weighted by molar-refractivity contribution is 0.700. The number of anilines is 1. The van der Waals surface area contributed by atoms with Crippen LogP contribution >= 0.6 is 34.5 Å². The predicted molar refractivity (Wildman–Crippen MR) is 106 cm³/mol. The molecule has 0 amide bonds. The van der Waals surface area contributed by atoms with Crippen LogP contribution in [0.5, 0.6) is 0 Å². The second-order valence-corrected chi connectivity index (χ2v) is 7.95. The van der Waals surface area contributed by atoms with Gasteiger partial charge in [0, 0.05) is 4.88 Å². The van der Waals surface area contributed by atoms with Crippen molar-refractivity contribution < 1.29 is 0 Å². The number of rotatable bonds is 3. The highest BCUT2D eigenvalue weighted by molar-refractivity contribution is 7.19. The lowest BCUT2D eigenvalue weighted by atomic mass is 9.97. The van der Waals surface area contributed by atoms with Crippen LogP contribution in [0, 0.1) is 0 Å². The van der Waals surface area contributed by atoms with E-state index in [2.05, 4.69) is 20.5 Å². The summed E-state index contributed by atoms with van der Waals surface area (Å²) in [5.41, 5.74) is 6.24. The third-order valence-electron chi connectivity index (χ3n) is 4.42. The molecule has 25 heavy (non-hydrogen) atoms. The highest BCUT2D eigenvalue weighted by Gasteiger charge is 2.19. The highest BCUT2D eigenvalue weighted by Crippen LogP contribution is 2.38. The number of halogens is 2. The van der Waals surface area contributed by atoms with E-state index in [9.17, 15) is 0 Å². The Morgan fingerprint density at radius 1 is 1.16 bits per heavy atom. The van der Waals surface area contributed by atoms with Crippen molar-refractivity contribution in [3.63, 3.8) is 0 Å². The molecule has 2 aromatic heterocycles. The summed E-state index contributed by atoms with van der Waals surface area (Å²) in [6.07, 6.45) is 6.30. The molecule has 1 aliphatic rings. The molecule has 0 bridgehead atoms. The topological polar surface area (TPSA) is 50.2 Å². The first-order valence-electron chi connectivity index (χ1n) is 8.14. The molecule has 0 aliphatic heterocycles. The van der Waals surface area contributed by atoms with E-state index >= 15 is 0 Å². The highest BCUT2D eigenvalue weighted by atomic mass is 35.5. The first-order chi connectivity index (χ1) is 12.1. The standard InChI is InChI=1S/C18H16Cl2N4S/c1-10(11-6-7-13(19)14(20)8-11)23-24-17-16-12-4-2-3-5-15(12)25-18(16)22-9-21-17/h6-9H,2-5H2,1H3,(H,21,22,24)/b23-10-. The number of hydrazone groups is 1. The average molecular weight is 391 g/mol. The maximum Gasteiger partial charge on any atom is 0.158 e. The van der Waals surface area contributed by atoms with E-state index in [-0.39, 0.29) is 0 Å². The zero-order valence-electron chi connectivity index (χ0n) is 13.6. The lowest BCUT2D eigenvalue weighted by Crippen LogP contribution is -2.03. The van der Waals surface area contributed by atoms with Crippen molar-refractivity contribution in [3.8, 4) is 0 Å². The number of aryl methyl sites for hydroxylation is 2. The monoisotopic (exact) mass is 390 g/mol. The number of hydrogen-bond donors (Lipinski definition) is 1. The predicted octanol–water partition coefficient (Wildman–Crippen LogP) is 5.71.